The Morgan fingerprint density at radius 1 is 1.05 bits per heavy atom. The van der Waals surface area contributed by atoms with Gasteiger partial charge < -0.3 is 5.11 Å². The summed E-state index contributed by atoms with van der Waals surface area (Å²) in [5, 5.41) is 8.72. The van der Waals surface area contributed by atoms with Crippen LogP contribution in [0.5, 0.6) is 0 Å². The highest BCUT2D eigenvalue weighted by Gasteiger charge is 2.18. The van der Waals surface area contributed by atoms with Gasteiger partial charge >= 0.3 is 0 Å². The molecule has 0 bridgehead atoms. The third kappa shape index (κ3) is 5.04. The average molecular weight is 336 g/mol. The number of hydrogen-bond donors (Lipinski definition) is 3. The molecule has 0 aliphatic heterocycles. The molecule has 9 heteroatoms. The van der Waals surface area contributed by atoms with Crippen LogP contribution in [-0.4, -0.2) is 41.6 Å². The van der Waals surface area contributed by atoms with Gasteiger partial charge in [0.15, 0.2) is 0 Å². The largest absolute Gasteiger partial charge is 0.396 e. The number of nitrogens with one attached hydrogen (secondary N) is 2. The number of aliphatic hydroxyl groups excluding tert-OH is 1. The SMILES string of the molecule is CNS(=O)(=O)c1ccc(S(=O)(=O)NC(C)CCCO)cc1. The van der Waals surface area contributed by atoms with Crippen LogP contribution in [0.3, 0.4) is 0 Å². The molecule has 0 aliphatic carbocycles. The zero-order chi connectivity index (χ0) is 16.1. The maximum absolute atomic E-state index is 12.1. The molecular weight excluding hydrogens is 316 g/mol. The van der Waals surface area contributed by atoms with Gasteiger partial charge in [0.05, 0.1) is 9.79 Å². The molecule has 0 amide bonds. The Morgan fingerprint density at radius 3 is 1.95 bits per heavy atom. The van der Waals surface area contributed by atoms with Gasteiger partial charge in [-0.05, 0) is 51.1 Å². The summed E-state index contributed by atoms with van der Waals surface area (Å²) >= 11 is 0. The fourth-order valence-corrected chi connectivity index (χ4v) is 3.71. The second kappa shape index (κ2) is 7.32. The number of rotatable bonds is 8. The van der Waals surface area contributed by atoms with Crippen LogP contribution in [0.15, 0.2) is 34.1 Å². The molecule has 0 aliphatic rings. The van der Waals surface area contributed by atoms with E-state index in [2.05, 4.69) is 9.44 Å². The van der Waals surface area contributed by atoms with Gasteiger partial charge in [-0.15, -0.1) is 0 Å². The van der Waals surface area contributed by atoms with Crippen molar-refractivity contribution in [1.29, 1.82) is 0 Å². The van der Waals surface area contributed by atoms with E-state index in [1.54, 1.807) is 6.92 Å². The number of sulfonamides is 2. The molecule has 1 unspecified atom stereocenters. The lowest BCUT2D eigenvalue weighted by molar-refractivity contribution is 0.279. The first-order valence-corrected chi connectivity index (χ1v) is 9.36. The highest BCUT2D eigenvalue weighted by Crippen LogP contribution is 2.15. The molecule has 3 N–H and O–H groups in total. The summed E-state index contributed by atoms with van der Waals surface area (Å²) in [5.74, 6) is 0. The maximum Gasteiger partial charge on any atom is 0.240 e. The van der Waals surface area contributed by atoms with Gasteiger partial charge in [-0.2, -0.15) is 0 Å². The number of aliphatic hydroxyl groups is 1. The smallest absolute Gasteiger partial charge is 0.240 e. The Hall–Kier alpha value is -1.00. The zero-order valence-electron chi connectivity index (χ0n) is 11.9. The van der Waals surface area contributed by atoms with Crippen molar-refractivity contribution in [2.24, 2.45) is 0 Å². The molecule has 1 aromatic rings. The minimum atomic E-state index is -3.71. The fourth-order valence-electron chi connectivity index (χ4n) is 1.71. The van der Waals surface area contributed by atoms with E-state index in [0.29, 0.717) is 12.8 Å². The minimum absolute atomic E-state index is 0.00252. The molecule has 1 rings (SSSR count). The normalized spacial score (nSPS) is 14.0. The standard InChI is InChI=1S/C12H20N2O5S2/c1-10(4-3-9-15)14-21(18,19)12-7-5-11(6-8-12)20(16,17)13-2/h5-8,10,13-15H,3-4,9H2,1-2H3. The molecule has 0 fully saturated rings. The van der Waals surface area contributed by atoms with Crippen LogP contribution in [0.2, 0.25) is 0 Å². The molecule has 120 valence electrons. The third-order valence-corrected chi connectivity index (χ3v) is 5.90. The highest BCUT2D eigenvalue weighted by molar-refractivity contribution is 7.90. The second-order valence-corrected chi connectivity index (χ2v) is 8.17. The first kappa shape index (κ1) is 18.1. The monoisotopic (exact) mass is 336 g/mol. The molecule has 0 radical (unpaired) electrons. The van der Waals surface area contributed by atoms with E-state index in [-0.39, 0.29) is 22.4 Å². The summed E-state index contributed by atoms with van der Waals surface area (Å²) in [6.07, 6.45) is 1.02. The van der Waals surface area contributed by atoms with E-state index in [1.165, 1.54) is 31.3 Å². The molecule has 0 saturated heterocycles. The van der Waals surface area contributed by atoms with Gasteiger partial charge in [-0.25, -0.2) is 26.3 Å². The minimum Gasteiger partial charge on any atom is -0.396 e. The summed E-state index contributed by atoms with van der Waals surface area (Å²) in [4.78, 5) is -0.00863. The average Bonchev–Trinajstić information content (AvgIpc) is 2.44. The van der Waals surface area contributed by atoms with Crippen LogP contribution < -0.4 is 9.44 Å². The van der Waals surface area contributed by atoms with Gasteiger partial charge in [0.25, 0.3) is 0 Å². The van der Waals surface area contributed by atoms with Gasteiger partial charge in [-0.1, -0.05) is 0 Å². The summed E-state index contributed by atoms with van der Waals surface area (Å²) < 4.78 is 51.9. The van der Waals surface area contributed by atoms with Gasteiger partial charge in [0.1, 0.15) is 0 Å². The van der Waals surface area contributed by atoms with Crippen molar-refractivity contribution in [3.63, 3.8) is 0 Å². The quantitative estimate of drug-likeness (QED) is 0.620. The van der Waals surface area contributed by atoms with E-state index < -0.39 is 20.0 Å². The van der Waals surface area contributed by atoms with Crippen molar-refractivity contribution >= 4 is 20.0 Å². The molecule has 0 aromatic heterocycles. The van der Waals surface area contributed by atoms with E-state index in [4.69, 9.17) is 5.11 Å². The highest BCUT2D eigenvalue weighted by atomic mass is 32.2. The molecular formula is C12H20N2O5S2. The Balaban J connectivity index is 2.90. The molecule has 1 atom stereocenters. The van der Waals surface area contributed by atoms with Crippen LogP contribution in [-0.2, 0) is 20.0 Å². The van der Waals surface area contributed by atoms with Crippen molar-refractivity contribution in [2.45, 2.75) is 35.6 Å². The van der Waals surface area contributed by atoms with Crippen LogP contribution in [0.1, 0.15) is 19.8 Å². The maximum atomic E-state index is 12.1. The third-order valence-electron chi connectivity index (χ3n) is 2.86. The topological polar surface area (TPSA) is 113 Å². The van der Waals surface area contributed by atoms with Crippen molar-refractivity contribution in [3.05, 3.63) is 24.3 Å². The molecule has 21 heavy (non-hydrogen) atoms. The van der Waals surface area contributed by atoms with Gasteiger partial charge in [-0.3, -0.25) is 0 Å². The van der Waals surface area contributed by atoms with E-state index >= 15 is 0 Å². The summed E-state index contributed by atoms with van der Waals surface area (Å²) in [5.41, 5.74) is 0. The molecule has 0 spiro atoms. The van der Waals surface area contributed by atoms with Crippen LogP contribution in [0.4, 0.5) is 0 Å². The van der Waals surface area contributed by atoms with Gasteiger partial charge in [0, 0.05) is 12.6 Å². The van der Waals surface area contributed by atoms with Gasteiger partial charge in [0.2, 0.25) is 20.0 Å². The van der Waals surface area contributed by atoms with Crippen molar-refractivity contribution < 1.29 is 21.9 Å². The Labute approximate surface area is 125 Å². The van der Waals surface area contributed by atoms with Crippen molar-refractivity contribution in [2.75, 3.05) is 13.7 Å². The summed E-state index contributed by atoms with van der Waals surface area (Å²) in [6.45, 7) is 1.70. The fraction of sp³-hybridized carbons (Fsp3) is 0.500. The molecule has 7 nitrogen and oxygen atoms in total. The summed E-state index contributed by atoms with van der Waals surface area (Å²) in [7, 11) is -6.01. The Bertz CT molecular complexity index is 653. The van der Waals surface area contributed by atoms with Crippen LogP contribution >= 0.6 is 0 Å². The second-order valence-electron chi connectivity index (χ2n) is 4.57. The lowest BCUT2D eigenvalue weighted by Crippen LogP contribution is -2.32. The Morgan fingerprint density at radius 2 is 1.52 bits per heavy atom. The van der Waals surface area contributed by atoms with Crippen molar-refractivity contribution in [3.8, 4) is 0 Å². The number of hydrogen-bond acceptors (Lipinski definition) is 5. The first-order chi connectivity index (χ1) is 9.73. The van der Waals surface area contributed by atoms with E-state index in [0.717, 1.165) is 0 Å². The van der Waals surface area contributed by atoms with Crippen LogP contribution in [0.25, 0.3) is 0 Å². The van der Waals surface area contributed by atoms with E-state index in [1.807, 2.05) is 0 Å². The molecule has 0 saturated carbocycles. The lowest BCUT2D eigenvalue weighted by Gasteiger charge is -2.14. The Kier molecular flexibility index (Phi) is 6.29. The number of benzene rings is 1. The van der Waals surface area contributed by atoms with Crippen molar-refractivity contribution in [1.82, 2.24) is 9.44 Å². The first-order valence-electron chi connectivity index (χ1n) is 6.40. The summed E-state index contributed by atoms with van der Waals surface area (Å²) in [6, 6.07) is 4.64. The van der Waals surface area contributed by atoms with Crippen LogP contribution in [0, 0.1) is 0 Å². The molecule has 1 aromatic carbocycles. The lowest BCUT2D eigenvalue weighted by atomic mass is 10.2. The zero-order valence-corrected chi connectivity index (χ0v) is 13.5. The molecule has 0 heterocycles. The predicted molar refractivity (Wildman–Crippen MR) is 78.8 cm³/mol. The van der Waals surface area contributed by atoms with E-state index in [9.17, 15) is 16.8 Å². The predicted octanol–water partition coefficient (Wildman–Crippen LogP) is 0.0340.